The molecule has 0 saturated heterocycles. The summed E-state index contributed by atoms with van der Waals surface area (Å²) in [6.07, 6.45) is -1.45. The molecule has 0 saturated carbocycles. The van der Waals surface area contributed by atoms with E-state index in [1.807, 2.05) is 0 Å². The number of fused-ring (bicyclic) bond motifs is 1. The Bertz CT molecular complexity index is 1040. The van der Waals surface area contributed by atoms with Crippen molar-refractivity contribution in [3.8, 4) is 11.4 Å². The zero-order valence-electron chi connectivity index (χ0n) is 12.5. The number of imidazole rings is 1. The second-order valence-electron chi connectivity index (χ2n) is 5.21. The topological polar surface area (TPSA) is 77.7 Å². The van der Waals surface area contributed by atoms with Gasteiger partial charge in [0.05, 0.1) is 5.56 Å². The first-order valence-corrected chi connectivity index (χ1v) is 8.52. The third-order valence-corrected chi connectivity index (χ3v) is 4.39. The van der Waals surface area contributed by atoms with Gasteiger partial charge in [0.25, 0.3) is 0 Å². The monoisotopic (exact) mass is 356 g/mol. The van der Waals surface area contributed by atoms with Crippen LogP contribution in [0.2, 0.25) is 0 Å². The number of alkyl halides is 3. The van der Waals surface area contributed by atoms with Crippen molar-refractivity contribution < 1.29 is 21.6 Å². The highest BCUT2D eigenvalue weighted by Crippen LogP contribution is 2.31. The highest BCUT2D eigenvalue weighted by molar-refractivity contribution is 7.90. The average Bonchev–Trinajstić information content (AvgIpc) is 2.82. The van der Waals surface area contributed by atoms with Gasteiger partial charge in [0, 0.05) is 31.3 Å². The summed E-state index contributed by atoms with van der Waals surface area (Å²) in [5.41, 5.74) is -0.151. The molecule has 0 spiro atoms. The summed E-state index contributed by atoms with van der Waals surface area (Å²) in [5.74, 6) is 0.295. The van der Waals surface area contributed by atoms with Crippen molar-refractivity contribution in [2.75, 3.05) is 6.26 Å². The minimum absolute atomic E-state index is 0.0695. The smallest absolute Gasteiger partial charge is 0.312 e. The summed E-state index contributed by atoms with van der Waals surface area (Å²) in [6, 6.07) is 3.76. The van der Waals surface area contributed by atoms with Gasteiger partial charge in [0.2, 0.25) is 0 Å². The molecule has 6 nitrogen and oxygen atoms in total. The Hall–Kier alpha value is -2.49. The van der Waals surface area contributed by atoms with E-state index in [0.717, 1.165) is 18.5 Å². The summed E-state index contributed by atoms with van der Waals surface area (Å²) in [6.45, 7) is 0. The number of nitrogens with zero attached hydrogens (tertiary/aromatic N) is 4. The minimum atomic E-state index is -4.51. The number of aromatic nitrogens is 4. The fraction of sp³-hybridized carbons (Fsp3) is 0.214. The Morgan fingerprint density at radius 1 is 1.17 bits per heavy atom. The van der Waals surface area contributed by atoms with Gasteiger partial charge >= 0.3 is 6.18 Å². The first kappa shape index (κ1) is 16.4. The number of pyridine rings is 2. The van der Waals surface area contributed by atoms with E-state index >= 15 is 0 Å². The summed E-state index contributed by atoms with van der Waals surface area (Å²) >= 11 is 0. The van der Waals surface area contributed by atoms with Crippen LogP contribution in [0.5, 0.6) is 0 Å². The van der Waals surface area contributed by atoms with Crippen molar-refractivity contribution in [1.82, 2.24) is 19.5 Å². The van der Waals surface area contributed by atoms with E-state index in [2.05, 4.69) is 15.0 Å². The largest absolute Gasteiger partial charge is 0.417 e. The zero-order chi connectivity index (χ0) is 17.7. The molecule has 0 amide bonds. The van der Waals surface area contributed by atoms with E-state index < -0.39 is 21.6 Å². The molecule has 24 heavy (non-hydrogen) atoms. The molecule has 0 aliphatic rings. The Labute approximate surface area is 134 Å². The molecule has 0 unspecified atom stereocenters. The normalized spacial score (nSPS) is 12.7. The number of aryl methyl sites for hydroxylation is 1. The van der Waals surface area contributed by atoms with E-state index in [1.165, 1.54) is 22.9 Å². The Morgan fingerprint density at radius 2 is 1.88 bits per heavy atom. The highest BCUT2D eigenvalue weighted by atomic mass is 32.2. The van der Waals surface area contributed by atoms with Crippen molar-refractivity contribution in [2.45, 2.75) is 11.2 Å². The first-order chi connectivity index (χ1) is 11.1. The molecule has 0 aliphatic heterocycles. The van der Waals surface area contributed by atoms with Crippen LogP contribution in [0.4, 0.5) is 13.2 Å². The number of sulfone groups is 1. The van der Waals surface area contributed by atoms with Crippen LogP contribution in [0.1, 0.15) is 5.56 Å². The van der Waals surface area contributed by atoms with Crippen LogP contribution >= 0.6 is 0 Å². The lowest BCUT2D eigenvalue weighted by molar-refractivity contribution is -0.137. The molecule has 0 bridgehead atoms. The van der Waals surface area contributed by atoms with Crippen LogP contribution in [0, 0.1) is 0 Å². The summed E-state index contributed by atoms with van der Waals surface area (Å²) < 4.78 is 63.0. The number of rotatable bonds is 2. The quantitative estimate of drug-likeness (QED) is 0.705. The van der Waals surface area contributed by atoms with Gasteiger partial charge in [-0.2, -0.15) is 13.2 Å². The lowest BCUT2D eigenvalue weighted by atomic mass is 10.2. The maximum Gasteiger partial charge on any atom is 0.417 e. The molecule has 0 atom stereocenters. The molecule has 3 rings (SSSR count). The predicted molar refractivity (Wildman–Crippen MR) is 79.9 cm³/mol. The zero-order valence-corrected chi connectivity index (χ0v) is 13.4. The molecule has 0 fully saturated rings. The van der Waals surface area contributed by atoms with Crippen LogP contribution in [-0.2, 0) is 23.1 Å². The maximum absolute atomic E-state index is 12.8. The molecule has 3 aromatic heterocycles. The standard InChI is InChI=1S/C14H11F3N4O2S/c1-21-12(8-3-4-18-11(5-8)24(2,22)23)20-10-6-9(14(15,16)17)7-19-13(10)21/h3-7H,1-2H3. The fourth-order valence-electron chi connectivity index (χ4n) is 2.24. The number of hydrogen-bond acceptors (Lipinski definition) is 5. The molecule has 0 aromatic carbocycles. The van der Waals surface area contributed by atoms with Crippen LogP contribution in [0.15, 0.2) is 35.6 Å². The van der Waals surface area contributed by atoms with Gasteiger partial charge in [-0.25, -0.2) is 23.4 Å². The van der Waals surface area contributed by atoms with Gasteiger partial charge in [-0.1, -0.05) is 0 Å². The van der Waals surface area contributed by atoms with Gasteiger partial charge in [-0.15, -0.1) is 0 Å². The third kappa shape index (κ3) is 2.84. The first-order valence-electron chi connectivity index (χ1n) is 6.63. The average molecular weight is 356 g/mol. The lowest BCUT2D eigenvalue weighted by Crippen LogP contribution is -2.05. The summed E-state index contributed by atoms with van der Waals surface area (Å²) in [7, 11) is -1.93. The van der Waals surface area contributed by atoms with E-state index in [9.17, 15) is 21.6 Å². The molecule has 126 valence electrons. The van der Waals surface area contributed by atoms with E-state index in [4.69, 9.17) is 0 Å². The maximum atomic E-state index is 12.8. The van der Waals surface area contributed by atoms with Gasteiger partial charge in [-0.3, -0.25) is 0 Å². The van der Waals surface area contributed by atoms with Gasteiger partial charge in [0.15, 0.2) is 20.5 Å². The number of hydrogen-bond donors (Lipinski definition) is 0. The van der Waals surface area contributed by atoms with Crippen molar-refractivity contribution in [3.63, 3.8) is 0 Å². The number of halogens is 3. The molecule has 10 heteroatoms. The van der Waals surface area contributed by atoms with Crippen molar-refractivity contribution in [1.29, 1.82) is 0 Å². The van der Waals surface area contributed by atoms with Gasteiger partial charge < -0.3 is 4.57 Å². The molecule has 3 heterocycles. The van der Waals surface area contributed by atoms with Crippen molar-refractivity contribution in [3.05, 3.63) is 36.2 Å². The van der Waals surface area contributed by atoms with Crippen LogP contribution in [-0.4, -0.2) is 34.2 Å². The Balaban J connectivity index is 2.19. The van der Waals surface area contributed by atoms with Crippen LogP contribution in [0.25, 0.3) is 22.6 Å². The molecule has 0 N–H and O–H groups in total. The lowest BCUT2D eigenvalue weighted by Gasteiger charge is -2.05. The molecule has 3 aromatic rings. The molecule has 0 radical (unpaired) electrons. The van der Waals surface area contributed by atoms with Crippen molar-refractivity contribution >= 4 is 21.0 Å². The van der Waals surface area contributed by atoms with E-state index in [0.29, 0.717) is 11.4 Å². The van der Waals surface area contributed by atoms with Crippen LogP contribution in [0.3, 0.4) is 0 Å². The molecular weight excluding hydrogens is 345 g/mol. The minimum Gasteiger partial charge on any atom is -0.312 e. The van der Waals surface area contributed by atoms with Crippen LogP contribution < -0.4 is 0 Å². The Kier molecular flexibility index (Phi) is 3.59. The van der Waals surface area contributed by atoms with E-state index in [-0.39, 0.29) is 16.2 Å². The SMILES string of the molecule is Cn1c(-c2ccnc(S(C)(=O)=O)c2)nc2cc(C(F)(F)F)cnc21. The second-order valence-corrected chi connectivity index (χ2v) is 7.18. The van der Waals surface area contributed by atoms with Gasteiger partial charge in [-0.05, 0) is 18.2 Å². The molecular formula is C14H11F3N4O2S. The fourth-order valence-corrected chi connectivity index (χ4v) is 2.83. The van der Waals surface area contributed by atoms with Crippen molar-refractivity contribution in [2.24, 2.45) is 7.05 Å². The predicted octanol–water partition coefficient (Wildman–Crippen LogP) is 2.45. The highest BCUT2D eigenvalue weighted by Gasteiger charge is 2.31. The molecule has 0 aliphatic carbocycles. The van der Waals surface area contributed by atoms with E-state index in [1.54, 1.807) is 7.05 Å². The second kappa shape index (κ2) is 5.26. The summed E-state index contributed by atoms with van der Waals surface area (Å²) in [5, 5.41) is -0.143. The summed E-state index contributed by atoms with van der Waals surface area (Å²) in [4.78, 5) is 11.7. The third-order valence-electron chi connectivity index (χ3n) is 3.41. The Morgan fingerprint density at radius 3 is 2.50 bits per heavy atom. The van der Waals surface area contributed by atoms with Gasteiger partial charge in [0.1, 0.15) is 11.3 Å².